The van der Waals surface area contributed by atoms with Gasteiger partial charge < -0.3 is 5.11 Å². The molecule has 0 saturated heterocycles. The highest BCUT2D eigenvalue weighted by Gasteiger charge is 2.08. The summed E-state index contributed by atoms with van der Waals surface area (Å²) in [5, 5.41) is 14.3. The molecule has 0 aliphatic heterocycles. The summed E-state index contributed by atoms with van der Waals surface area (Å²) < 4.78 is 1.85. The second-order valence-electron chi connectivity index (χ2n) is 4.38. The minimum atomic E-state index is -0.797. The molecule has 1 N–H and O–H groups in total. The third-order valence-electron chi connectivity index (χ3n) is 2.79. The van der Waals surface area contributed by atoms with Gasteiger partial charge in [-0.05, 0) is 24.1 Å². The Hall–Kier alpha value is -1.75. The van der Waals surface area contributed by atoms with Gasteiger partial charge in [0.25, 0.3) is 0 Å². The molecule has 0 atom stereocenters. The number of aliphatic carboxylic acids is 1. The van der Waals surface area contributed by atoms with E-state index < -0.39 is 5.97 Å². The smallest absolute Gasteiger partial charge is 0.307 e. The zero-order valence-electron chi connectivity index (χ0n) is 11.0. The van der Waals surface area contributed by atoms with E-state index in [2.05, 4.69) is 5.10 Å². The van der Waals surface area contributed by atoms with Gasteiger partial charge in [-0.2, -0.15) is 5.10 Å². The van der Waals surface area contributed by atoms with Crippen LogP contribution in [-0.4, -0.2) is 20.9 Å². The van der Waals surface area contributed by atoms with Crippen molar-refractivity contribution in [1.29, 1.82) is 0 Å². The number of benzene rings is 1. The van der Waals surface area contributed by atoms with Crippen LogP contribution < -0.4 is 0 Å². The molecule has 0 bridgehead atoms. The highest BCUT2D eigenvalue weighted by Crippen LogP contribution is 2.24. The maximum absolute atomic E-state index is 10.8. The predicted octanol–water partition coefficient (Wildman–Crippen LogP) is 2.65. The van der Waals surface area contributed by atoms with Crippen LogP contribution in [0.1, 0.15) is 16.8 Å². The summed E-state index contributed by atoms with van der Waals surface area (Å²) in [5.41, 5.74) is 2.93. The summed E-state index contributed by atoms with van der Waals surface area (Å²) in [4.78, 5) is 10.8. The summed E-state index contributed by atoms with van der Waals surface area (Å²) >= 11 is 1.67. The van der Waals surface area contributed by atoms with Gasteiger partial charge in [0, 0.05) is 12.8 Å². The SMILES string of the molecule is Cc1cc(SCc2ccccc2CC(=O)O)n(C)n1. The number of aryl methyl sites for hydroxylation is 2. The number of rotatable bonds is 5. The molecule has 0 saturated carbocycles. The third-order valence-corrected chi connectivity index (χ3v) is 3.93. The van der Waals surface area contributed by atoms with Crippen molar-refractivity contribution < 1.29 is 9.90 Å². The van der Waals surface area contributed by atoms with Gasteiger partial charge in [-0.1, -0.05) is 24.3 Å². The molecule has 0 aliphatic carbocycles. The van der Waals surface area contributed by atoms with E-state index in [-0.39, 0.29) is 6.42 Å². The Bertz CT molecular complexity index is 593. The van der Waals surface area contributed by atoms with Crippen LogP contribution in [0.5, 0.6) is 0 Å². The van der Waals surface area contributed by atoms with E-state index in [1.54, 1.807) is 11.8 Å². The fourth-order valence-corrected chi connectivity index (χ4v) is 2.97. The van der Waals surface area contributed by atoms with E-state index in [1.165, 1.54) is 0 Å². The zero-order valence-corrected chi connectivity index (χ0v) is 11.8. The van der Waals surface area contributed by atoms with Crippen molar-refractivity contribution in [3.05, 3.63) is 47.2 Å². The Balaban J connectivity index is 2.11. The van der Waals surface area contributed by atoms with Crippen molar-refractivity contribution in [2.24, 2.45) is 7.05 Å². The molecule has 5 heteroatoms. The van der Waals surface area contributed by atoms with Gasteiger partial charge in [-0.25, -0.2) is 0 Å². The van der Waals surface area contributed by atoms with Crippen LogP contribution in [0.2, 0.25) is 0 Å². The van der Waals surface area contributed by atoms with Crippen LogP contribution in [0.4, 0.5) is 0 Å². The summed E-state index contributed by atoms with van der Waals surface area (Å²) in [6.07, 6.45) is 0.0706. The highest BCUT2D eigenvalue weighted by molar-refractivity contribution is 7.98. The van der Waals surface area contributed by atoms with Gasteiger partial charge in [0.15, 0.2) is 0 Å². The minimum absolute atomic E-state index is 0.0706. The molecule has 2 aromatic rings. The average Bonchev–Trinajstić information content (AvgIpc) is 2.66. The molecule has 0 unspecified atom stereocenters. The van der Waals surface area contributed by atoms with E-state index in [1.807, 2.05) is 49.0 Å². The standard InChI is InChI=1S/C14H16N2O2S/c1-10-7-13(16(2)15-10)19-9-12-6-4-3-5-11(12)8-14(17)18/h3-7H,8-9H2,1-2H3,(H,17,18). The summed E-state index contributed by atoms with van der Waals surface area (Å²) in [6, 6.07) is 9.70. The summed E-state index contributed by atoms with van der Waals surface area (Å²) in [6.45, 7) is 1.96. The van der Waals surface area contributed by atoms with E-state index in [9.17, 15) is 4.79 Å². The first-order valence-electron chi connectivity index (χ1n) is 5.98. The lowest BCUT2D eigenvalue weighted by molar-refractivity contribution is -0.136. The second kappa shape index (κ2) is 5.93. The van der Waals surface area contributed by atoms with Gasteiger partial charge in [-0.3, -0.25) is 9.48 Å². The lowest BCUT2D eigenvalue weighted by Crippen LogP contribution is -2.03. The van der Waals surface area contributed by atoms with Crippen LogP contribution in [0, 0.1) is 6.92 Å². The van der Waals surface area contributed by atoms with E-state index in [0.29, 0.717) is 0 Å². The highest BCUT2D eigenvalue weighted by atomic mass is 32.2. The number of hydrogen-bond acceptors (Lipinski definition) is 3. The Labute approximate surface area is 116 Å². The molecule has 1 aromatic carbocycles. The lowest BCUT2D eigenvalue weighted by Gasteiger charge is -2.07. The first-order chi connectivity index (χ1) is 9.06. The molecule has 100 valence electrons. The van der Waals surface area contributed by atoms with Crippen LogP contribution >= 0.6 is 11.8 Å². The Morgan fingerprint density at radius 1 is 1.37 bits per heavy atom. The van der Waals surface area contributed by atoms with E-state index in [0.717, 1.165) is 27.6 Å². The summed E-state index contributed by atoms with van der Waals surface area (Å²) in [5.74, 6) is -0.0450. The molecule has 0 aliphatic rings. The van der Waals surface area contributed by atoms with Gasteiger partial charge in [0.05, 0.1) is 17.1 Å². The van der Waals surface area contributed by atoms with Crippen LogP contribution in [0.3, 0.4) is 0 Å². The van der Waals surface area contributed by atoms with Crippen molar-refractivity contribution in [2.45, 2.75) is 24.1 Å². The van der Waals surface area contributed by atoms with E-state index >= 15 is 0 Å². The quantitative estimate of drug-likeness (QED) is 0.853. The molecular weight excluding hydrogens is 260 g/mol. The first kappa shape index (κ1) is 13.7. The molecule has 19 heavy (non-hydrogen) atoms. The Kier molecular flexibility index (Phi) is 4.27. The molecule has 0 spiro atoms. The van der Waals surface area contributed by atoms with Gasteiger partial charge in [0.1, 0.15) is 0 Å². The number of hydrogen-bond donors (Lipinski definition) is 1. The molecule has 0 radical (unpaired) electrons. The molecule has 1 heterocycles. The monoisotopic (exact) mass is 276 g/mol. The van der Waals surface area contributed by atoms with Crippen LogP contribution in [0.15, 0.2) is 35.4 Å². The predicted molar refractivity (Wildman–Crippen MR) is 75.3 cm³/mol. The first-order valence-corrected chi connectivity index (χ1v) is 6.97. The number of nitrogens with zero attached hydrogens (tertiary/aromatic N) is 2. The number of thioether (sulfide) groups is 1. The van der Waals surface area contributed by atoms with Crippen molar-refractivity contribution in [2.75, 3.05) is 0 Å². The number of carbonyl (C=O) groups is 1. The Morgan fingerprint density at radius 3 is 2.63 bits per heavy atom. The van der Waals surface area contributed by atoms with Crippen molar-refractivity contribution >= 4 is 17.7 Å². The third kappa shape index (κ3) is 3.61. The maximum Gasteiger partial charge on any atom is 0.307 e. The van der Waals surface area contributed by atoms with Crippen molar-refractivity contribution in [1.82, 2.24) is 9.78 Å². The van der Waals surface area contributed by atoms with E-state index in [4.69, 9.17) is 5.11 Å². The van der Waals surface area contributed by atoms with Crippen LogP contribution in [0.25, 0.3) is 0 Å². The molecule has 0 fully saturated rings. The molecular formula is C14H16N2O2S. The van der Waals surface area contributed by atoms with Gasteiger partial charge in [-0.15, -0.1) is 11.8 Å². The number of carboxylic acid groups (broad SMARTS) is 1. The van der Waals surface area contributed by atoms with Gasteiger partial charge in [0.2, 0.25) is 0 Å². The number of carboxylic acids is 1. The zero-order chi connectivity index (χ0) is 13.8. The fourth-order valence-electron chi connectivity index (χ4n) is 1.91. The maximum atomic E-state index is 10.8. The number of aromatic nitrogens is 2. The largest absolute Gasteiger partial charge is 0.481 e. The topological polar surface area (TPSA) is 55.1 Å². The summed E-state index contributed by atoms with van der Waals surface area (Å²) in [7, 11) is 1.92. The fraction of sp³-hybridized carbons (Fsp3) is 0.286. The molecule has 2 rings (SSSR count). The molecule has 0 amide bonds. The lowest BCUT2D eigenvalue weighted by atomic mass is 10.1. The molecule has 4 nitrogen and oxygen atoms in total. The van der Waals surface area contributed by atoms with Crippen LogP contribution in [-0.2, 0) is 24.0 Å². The normalized spacial score (nSPS) is 10.6. The van der Waals surface area contributed by atoms with Crippen molar-refractivity contribution in [3.8, 4) is 0 Å². The average molecular weight is 276 g/mol. The minimum Gasteiger partial charge on any atom is -0.481 e. The second-order valence-corrected chi connectivity index (χ2v) is 5.37. The van der Waals surface area contributed by atoms with Crippen molar-refractivity contribution in [3.63, 3.8) is 0 Å². The van der Waals surface area contributed by atoms with Gasteiger partial charge >= 0.3 is 5.97 Å². The molecule has 1 aromatic heterocycles. The Morgan fingerprint density at radius 2 is 2.05 bits per heavy atom.